The Labute approximate surface area is 139 Å². The fourth-order valence-electron chi connectivity index (χ4n) is 2.62. The first-order chi connectivity index (χ1) is 11.1. The lowest BCUT2D eigenvalue weighted by molar-refractivity contribution is 0.0718. The number of aromatic nitrogens is 1. The van der Waals surface area contributed by atoms with Gasteiger partial charge in [0.05, 0.1) is 5.02 Å². The molecule has 1 aliphatic heterocycles. The fraction of sp³-hybridized carbons (Fsp3) is 0.294. The molecule has 1 amide bonds. The van der Waals surface area contributed by atoms with Crippen molar-refractivity contribution in [1.82, 2.24) is 9.88 Å². The van der Waals surface area contributed by atoms with Gasteiger partial charge in [-0.1, -0.05) is 11.6 Å². The molecule has 0 bridgehead atoms. The second-order valence-corrected chi connectivity index (χ2v) is 5.94. The van der Waals surface area contributed by atoms with E-state index < -0.39 is 5.82 Å². The maximum absolute atomic E-state index is 13.2. The lowest BCUT2D eigenvalue weighted by atomic mass is 10.1. The minimum absolute atomic E-state index is 0.0497. The zero-order chi connectivity index (χ0) is 16.2. The van der Waals surface area contributed by atoms with Crippen LogP contribution in [0.25, 0.3) is 0 Å². The Bertz CT molecular complexity index is 717. The summed E-state index contributed by atoms with van der Waals surface area (Å²) in [6, 6.07) is 7.85. The minimum atomic E-state index is -0.465. The maximum atomic E-state index is 13.2. The molecule has 23 heavy (non-hydrogen) atoms. The monoisotopic (exact) mass is 333 g/mol. The van der Waals surface area contributed by atoms with Crippen LogP contribution < -0.4 is 5.32 Å². The van der Waals surface area contributed by atoms with Crippen LogP contribution in [-0.4, -0.2) is 28.9 Å². The lowest BCUT2D eigenvalue weighted by Gasteiger charge is -2.26. The van der Waals surface area contributed by atoms with E-state index >= 15 is 0 Å². The molecule has 1 N–H and O–H groups in total. The van der Waals surface area contributed by atoms with Crippen LogP contribution in [0, 0.1) is 5.82 Å². The van der Waals surface area contributed by atoms with Crippen LogP contribution in [0.1, 0.15) is 29.8 Å². The molecule has 0 radical (unpaired) electrons. The van der Waals surface area contributed by atoms with Crippen molar-refractivity contribution in [3.8, 4) is 0 Å². The number of likely N-dealkylation sites (tertiary alicyclic amines) is 1. The van der Waals surface area contributed by atoms with Crippen LogP contribution in [0.5, 0.6) is 0 Å². The first-order valence-corrected chi connectivity index (χ1v) is 7.99. The van der Waals surface area contributed by atoms with Gasteiger partial charge in [-0.2, -0.15) is 0 Å². The summed E-state index contributed by atoms with van der Waals surface area (Å²) in [6.07, 6.45) is 4.84. The van der Waals surface area contributed by atoms with Gasteiger partial charge in [0.25, 0.3) is 5.91 Å². The number of benzene rings is 1. The summed E-state index contributed by atoms with van der Waals surface area (Å²) in [5.74, 6) is -0.515. The molecule has 1 aromatic carbocycles. The van der Waals surface area contributed by atoms with Crippen LogP contribution in [0.15, 0.2) is 36.5 Å². The Balaban J connectivity index is 1.76. The number of amides is 1. The smallest absolute Gasteiger partial charge is 0.272 e. The number of hydrogen-bond donors (Lipinski definition) is 1. The van der Waals surface area contributed by atoms with Gasteiger partial charge in [0.1, 0.15) is 11.5 Å². The molecule has 1 saturated heterocycles. The van der Waals surface area contributed by atoms with E-state index in [4.69, 9.17) is 11.6 Å². The molecule has 2 heterocycles. The summed E-state index contributed by atoms with van der Waals surface area (Å²) in [5.41, 5.74) is 1.77. The molecule has 2 aromatic rings. The second kappa shape index (κ2) is 6.96. The average molecular weight is 334 g/mol. The van der Waals surface area contributed by atoms with Crippen LogP contribution in [-0.2, 0) is 0 Å². The molecule has 0 atom stereocenters. The Kier molecular flexibility index (Phi) is 4.76. The van der Waals surface area contributed by atoms with Gasteiger partial charge in [-0.05, 0) is 49.6 Å². The van der Waals surface area contributed by atoms with Gasteiger partial charge in [-0.25, -0.2) is 4.39 Å². The number of carbonyl (C=O) groups is 1. The summed E-state index contributed by atoms with van der Waals surface area (Å²) in [6.45, 7) is 1.57. The maximum Gasteiger partial charge on any atom is 0.272 e. The number of halogens is 2. The van der Waals surface area contributed by atoms with Gasteiger partial charge >= 0.3 is 0 Å². The normalized spacial score (nSPS) is 14.6. The van der Waals surface area contributed by atoms with Gasteiger partial charge in [0.2, 0.25) is 0 Å². The first-order valence-electron chi connectivity index (χ1n) is 7.61. The molecule has 3 rings (SSSR count). The minimum Gasteiger partial charge on any atom is -0.355 e. The van der Waals surface area contributed by atoms with Gasteiger partial charge in [0, 0.05) is 30.7 Å². The predicted molar refractivity (Wildman–Crippen MR) is 88.7 cm³/mol. The van der Waals surface area contributed by atoms with Crippen molar-refractivity contribution in [2.75, 3.05) is 18.4 Å². The largest absolute Gasteiger partial charge is 0.355 e. The third kappa shape index (κ3) is 3.79. The van der Waals surface area contributed by atoms with Crippen LogP contribution in [0.3, 0.4) is 0 Å². The highest BCUT2D eigenvalue weighted by Crippen LogP contribution is 2.23. The molecule has 1 aliphatic rings. The van der Waals surface area contributed by atoms with Gasteiger partial charge in [-0.15, -0.1) is 0 Å². The Morgan fingerprint density at radius 3 is 2.61 bits per heavy atom. The summed E-state index contributed by atoms with van der Waals surface area (Å²) in [7, 11) is 0. The quantitative estimate of drug-likeness (QED) is 0.913. The van der Waals surface area contributed by atoms with Crippen molar-refractivity contribution in [3.05, 3.63) is 53.1 Å². The van der Waals surface area contributed by atoms with E-state index in [-0.39, 0.29) is 10.9 Å². The standard InChI is InChI=1S/C17H17ClFN3O/c18-14-10-12(4-5-15(14)19)21-13-6-7-20-16(11-13)17(23)22-8-2-1-3-9-22/h4-7,10-11H,1-3,8-9H2,(H,20,21). The number of anilines is 2. The van der Waals surface area contributed by atoms with Crippen molar-refractivity contribution in [2.24, 2.45) is 0 Å². The van der Waals surface area contributed by atoms with E-state index in [2.05, 4.69) is 10.3 Å². The van der Waals surface area contributed by atoms with Crippen LogP contribution in [0.4, 0.5) is 15.8 Å². The number of carbonyl (C=O) groups excluding carboxylic acids is 1. The van der Waals surface area contributed by atoms with Crippen molar-refractivity contribution in [2.45, 2.75) is 19.3 Å². The molecule has 0 unspecified atom stereocenters. The van der Waals surface area contributed by atoms with Crippen molar-refractivity contribution in [3.63, 3.8) is 0 Å². The zero-order valence-electron chi connectivity index (χ0n) is 12.6. The van der Waals surface area contributed by atoms with Gasteiger partial charge in [-0.3, -0.25) is 9.78 Å². The summed E-state index contributed by atoms with van der Waals surface area (Å²) >= 11 is 5.78. The highest BCUT2D eigenvalue weighted by molar-refractivity contribution is 6.31. The second-order valence-electron chi connectivity index (χ2n) is 5.54. The van der Waals surface area contributed by atoms with Gasteiger partial charge in [0.15, 0.2) is 0 Å². The molecular weight excluding hydrogens is 317 g/mol. The van der Waals surface area contributed by atoms with Crippen molar-refractivity contribution < 1.29 is 9.18 Å². The number of nitrogens with one attached hydrogen (secondary N) is 1. The third-order valence-electron chi connectivity index (χ3n) is 3.83. The van der Waals surface area contributed by atoms with E-state index in [1.807, 2.05) is 4.90 Å². The number of pyridine rings is 1. The fourth-order valence-corrected chi connectivity index (χ4v) is 2.81. The van der Waals surface area contributed by atoms with E-state index in [0.29, 0.717) is 17.1 Å². The molecule has 0 spiro atoms. The Hall–Kier alpha value is -2.14. The van der Waals surface area contributed by atoms with E-state index in [1.165, 1.54) is 18.6 Å². The Morgan fingerprint density at radius 1 is 1.13 bits per heavy atom. The topological polar surface area (TPSA) is 45.2 Å². The number of nitrogens with zero attached hydrogens (tertiary/aromatic N) is 2. The van der Waals surface area contributed by atoms with Gasteiger partial charge < -0.3 is 10.2 Å². The van der Waals surface area contributed by atoms with E-state index in [1.54, 1.807) is 24.4 Å². The molecule has 6 heteroatoms. The molecule has 1 aromatic heterocycles. The first kappa shape index (κ1) is 15.7. The number of rotatable bonds is 3. The molecular formula is C17H17ClFN3O. The van der Waals surface area contributed by atoms with Crippen molar-refractivity contribution >= 4 is 28.9 Å². The molecule has 120 valence electrons. The number of piperidine rings is 1. The average Bonchev–Trinajstić information content (AvgIpc) is 2.58. The third-order valence-corrected chi connectivity index (χ3v) is 4.12. The highest BCUT2D eigenvalue weighted by Gasteiger charge is 2.19. The van der Waals surface area contributed by atoms with E-state index in [0.717, 1.165) is 25.9 Å². The summed E-state index contributed by atoms with van der Waals surface area (Å²) < 4.78 is 13.2. The lowest BCUT2D eigenvalue weighted by Crippen LogP contribution is -2.36. The zero-order valence-corrected chi connectivity index (χ0v) is 13.3. The molecule has 1 fully saturated rings. The highest BCUT2D eigenvalue weighted by atomic mass is 35.5. The molecule has 0 saturated carbocycles. The molecule has 0 aliphatic carbocycles. The van der Waals surface area contributed by atoms with Crippen LogP contribution >= 0.6 is 11.6 Å². The van der Waals surface area contributed by atoms with Crippen LogP contribution in [0.2, 0.25) is 5.02 Å². The summed E-state index contributed by atoms with van der Waals surface area (Å²) in [5, 5.41) is 3.16. The van der Waals surface area contributed by atoms with E-state index in [9.17, 15) is 9.18 Å². The molecule has 4 nitrogen and oxygen atoms in total. The SMILES string of the molecule is O=C(c1cc(Nc2ccc(F)c(Cl)c2)ccn1)N1CCCCC1. The summed E-state index contributed by atoms with van der Waals surface area (Å²) in [4.78, 5) is 18.5. The van der Waals surface area contributed by atoms with Crippen molar-refractivity contribution in [1.29, 1.82) is 0 Å². The number of hydrogen-bond acceptors (Lipinski definition) is 3. The predicted octanol–water partition coefficient (Wildman–Crippen LogP) is 4.24. The Morgan fingerprint density at radius 2 is 1.87 bits per heavy atom.